The molecular weight excluding hydrogens is 368 g/mol. The van der Waals surface area contributed by atoms with Gasteiger partial charge >= 0.3 is 5.97 Å². The Morgan fingerprint density at radius 3 is 2.22 bits per heavy atom. The van der Waals surface area contributed by atoms with Crippen LogP contribution in [0, 0.1) is 6.92 Å². The molecule has 0 saturated carbocycles. The lowest BCUT2D eigenvalue weighted by atomic mass is 10.2. The van der Waals surface area contributed by atoms with Gasteiger partial charge in [-0.25, -0.2) is 13.2 Å². The molecule has 2 N–H and O–H groups in total. The summed E-state index contributed by atoms with van der Waals surface area (Å²) in [4.78, 5) is 11.3. The van der Waals surface area contributed by atoms with Gasteiger partial charge in [0, 0.05) is 0 Å². The molecule has 0 amide bonds. The molecule has 0 heterocycles. The van der Waals surface area contributed by atoms with Gasteiger partial charge in [0.25, 0.3) is 0 Å². The summed E-state index contributed by atoms with van der Waals surface area (Å²) in [7, 11) is -3.71. The van der Waals surface area contributed by atoms with E-state index in [9.17, 15) is 18.3 Å². The van der Waals surface area contributed by atoms with Gasteiger partial charge in [-0.05, 0) is 55.5 Å². The van der Waals surface area contributed by atoms with Gasteiger partial charge in [-0.2, -0.15) is 0 Å². The zero-order valence-electron chi connectivity index (χ0n) is 14.3. The molecule has 7 heteroatoms. The number of aromatic carboxylic acids is 1. The average Bonchev–Trinajstić information content (AvgIpc) is 2.64. The second kappa shape index (κ2) is 7.13. The van der Waals surface area contributed by atoms with E-state index in [1.165, 1.54) is 48.5 Å². The van der Waals surface area contributed by atoms with Gasteiger partial charge in [0.15, 0.2) is 0 Å². The number of carbonyl (C=O) groups is 1. The van der Waals surface area contributed by atoms with Crippen LogP contribution in [0.25, 0.3) is 0 Å². The number of hydrogen-bond donors (Lipinski definition) is 2. The third-order valence-corrected chi connectivity index (χ3v) is 5.65. The van der Waals surface area contributed by atoms with E-state index in [-0.39, 0.29) is 32.6 Å². The second-order valence-electron chi connectivity index (χ2n) is 5.88. The van der Waals surface area contributed by atoms with Crippen LogP contribution in [0.2, 0.25) is 0 Å². The first-order valence-electron chi connectivity index (χ1n) is 7.93. The van der Waals surface area contributed by atoms with Gasteiger partial charge in [-0.1, -0.05) is 23.8 Å². The number of phenols is 1. The molecule has 0 spiro atoms. The Kier molecular flexibility index (Phi) is 4.87. The van der Waals surface area contributed by atoms with Gasteiger partial charge in [0.2, 0.25) is 9.84 Å². The Labute approximate surface area is 156 Å². The quantitative estimate of drug-likeness (QED) is 0.689. The van der Waals surface area contributed by atoms with Gasteiger partial charge in [-0.3, -0.25) is 0 Å². The zero-order valence-corrected chi connectivity index (χ0v) is 15.1. The van der Waals surface area contributed by atoms with Gasteiger partial charge in [0.1, 0.15) is 22.8 Å². The molecule has 3 aromatic carbocycles. The van der Waals surface area contributed by atoms with Crippen molar-refractivity contribution in [3.63, 3.8) is 0 Å². The fourth-order valence-electron chi connectivity index (χ4n) is 2.44. The van der Waals surface area contributed by atoms with E-state index in [1.807, 2.05) is 6.92 Å². The van der Waals surface area contributed by atoms with Crippen LogP contribution in [0.5, 0.6) is 17.2 Å². The number of hydrogen-bond acceptors (Lipinski definition) is 5. The predicted molar refractivity (Wildman–Crippen MR) is 98.2 cm³/mol. The molecule has 3 rings (SSSR count). The van der Waals surface area contributed by atoms with E-state index in [4.69, 9.17) is 9.84 Å². The maximum Gasteiger partial charge on any atom is 0.339 e. The number of sulfone groups is 1. The van der Waals surface area contributed by atoms with Gasteiger partial charge in [-0.15, -0.1) is 0 Å². The Morgan fingerprint density at radius 2 is 1.56 bits per heavy atom. The molecule has 0 aliphatic rings. The van der Waals surface area contributed by atoms with Crippen LogP contribution in [-0.2, 0) is 9.84 Å². The molecule has 0 saturated heterocycles. The smallest absolute Gasteiger partial charge is 0.339 e. The number of benzene rings is 3. The summed E-state index contributed by atoms with van der Waals surface area (Å²) < 4.78 is 31.1. The van der Waals surface area contributed by atoms with E-state index in [0.717, 1.165) is 5.56 Å². The summed E-state index contributed by atoms with van der Waals surface area (Å²) in [6.07, 6.45) is 0. The second-order valence-corrected chi connectivity index (χ2v) is 7.83. The minimum atomic E-state index is -3.71. The third-order valence-electron chi connectivity index (χ3n) is 3.88. The number of aryl methyl sites for hydroxylation is 1. The van der Waals surface area contributed by atoms with Crippen molar-refractivity contribution in [3.05, 3.63) is 77.9 Å². The summed E-state index contributed by atoms with van der Waals surface area (Å²) >= 11 is 0. The average molecular weight is 384 g/mol. The first kappa shape index (κ1) is 18.5. The normalized spacial score (nSPS) is 11.1. The Balaban J connectivity index is 1.93. The van der Waals surface area contributed by atoms with Crippen LogP contribution in [0.1, 0.15) is 15.9 Å². The lowest BCUT2D eigenvalue weighted by Crippen LogP contribution is -2.02. The first-order valence-corrected chi connectivity index (χ1v) is 9.42. The van der Waals surface area contributed by atoms with Crippen LogP contribution in [0.4, 0.5) is 0 Å². The minimum Gasteiger partial charge on any atom is -0.507 e. The maximum atomic E-state index is 12.8. The van der Waals surface area contributed by atoms with Crippen molar-refractivity contribution in [2.45, 2.75) is 16.7 Å². The van der Waals surface area contributed by atoms with E-state index < -0.39 is 15.8 Å². The highest BCUT2D eigenvalue weighted by Crippen LogP contribution is 2.30. The SMILES string of the molecule is Cc1ccc(S(=O)(=O)c2cccc(Oc3ccc(O)c(C(=O)O)c3)c2)cc1. The third kappa shape index (κ3) is 3.93. The van der Waals surface area contributed by atoms with E-state index in [2.05, 4.69) is 0 Å². The van der Waals surface area contributed by atoms with E-state index in [1.54, 1.807) is 18.2 Å². The van der Waals surface area contributed by atoms with Crippen LogP contribution >= 0.6 is 0 Å². The van der Waals surface area contributed by atoms with E-state index in [0.29, 0.717) is 0 Å². The number of carboxylic acids is 1. The number of rotatable bonds is 5. The standard InChI is InChI=1S/C20H16O6S/c1-13-5-8-16(9-6-13)27(24,25)17-4-2-3-14(11-17)26-15-7-10-19(21)18(12-15)20(22)23/h2-12,21H,1H3,(H,22,23). The van der Waals surface area contributed by atoms with Crippen LogP contribution in [-0.4, -0.2) is 24.6 Å². The van der Waals surface area contributed by atoms with Crippen molar-refractivity contribution in [2.75, 3.05) is 0 Å². The molecule has 0 fully saturated rings. The molecule has 0 aliphatic heterocycles. The number of ether oxygens (including phenoxy) is 1. The van der Waals surface area contributed by atoms with Crippen LogP contribution < -0.4 is 4.74 Å². The van der Waals surface area contributed by atoms with Crippen molar-refractivity contribution >= 4 is 15.8 Å². The first-order chi connectivity index (χ1) is 12.8. The zero-order chi connectivity index (χ0) is 19.6. The van der Waals surface area contributed by atoms with Crippen molar-refractivity contribution in [1.82, 2.24) is 0 Å². The fraction of sp³-hybridized carbons (Fsp3) is 0.0500. The summed E-state index contributed by atoms with van der Waals surface area (Å²) in [5.74, 6) is -1.29. The summed E-state index contributed by atoms with van der Waals surface area (Å²) in [5, 5.41) is 18.6. The molecule has 0 radical (unpaired) electrons. The van der Waals surface area contributed by atoms with Crippen molar-refractivity contribution in [2.24, 2.45) is 0 Å². The minimum absolute atomic E-state index is 0.0566. The molecule has 6 nitrogen and oxygen atoms in total. The molecule has 138 valence electrons. The number of aromatic hydroxyl groups is 1. The number of carboxylic acid groups (broad SMARTS) is 1. The Bertz CT molecular complexity index is 1100. The molecule has 27 heavy (non-hydrogen) atoms. The molecular formula is C20H16O6S. The van der Waals surface area contributed by atoms with Crippen molar-refractivity contribution < 1.29 is 28.2 Å². The highest BCUT2D eigenvalue weighted by molar-refractivity contribution is 7.91. The molecule has 0 bridgehead atoms. The Morgan fingerprint density at radius 1 is 0.889 bits per heavy atom. The molecule has 0 unspecified atom stereocenters. The molecule has 3 aromatic rings. The van der Waals surface area contributed by atoms with Gasteiger partial charge < -0.3 is 14.9 Å². The van der Waals surface area contributed by atoms with Crippen LogP contribution in [0.3, 0.4) is 0 Å². The highest BCUT2D eigenvalue weighted by atomic mass is 32.2. The molecule has 0 aliphatic carbocycles. The topological polar surface area (TPSA) is 101 Å². The highest BCUT2D eigenvalue weighted by Gasteiger charge is 2.18. The summed E-state index contributed by atoms with van der Waals surface area (Å²) in [6, 6.07) is 16.2. The van der Waals surface area contributed by atoms with Crippen molar-refractivity contribution in [1.29, 1.82) is 0 Å². The molecule has 0 atom stereocenters. The lowest BCUT2D eigenvalue weighted by molar-refractivity contribution is 0.0693. The lowest BCUT2D eigenvalue weighted by Gasteiger charge is -2.10. The molecule has 0 aromatic heterocycles. The predicted octanol–water partition coefficient (Wildman–Crippen LogP) is 4.02. The maximum absolute atomic E-state index is 12.8. The van der Waals surface area contributed by atoms with Crippen molar-refractivity contribution in [3.8, 4) is 17.2 Å². The largest absolute Gasteiger partial charge is 0.507 e. The van der Waals surface area contributed by atoms with Crippen LogP contribution in [0.15, 0.2) is 76.5 Å². The summed E-state index contributed by atoms with van der Waals surface area (Å²) in [6.45, 7) is 1.87. The van der Waals surface area contributed by atoms with Gasteiger partial charge in [0.05, 0.1) is 9.79 Å². The summed E-state index contributed by atoms with van der Waals surface area (Å²) in [5.41, 5.74) is 0.642. The fourth-order valence-corrected chi connectivity index (χ4v) is 3.74. The van der Waals surface area contributed by atoms with E-state index >= 15 is 0 Å². The Hall–Kier alpha value is -3.32. The monoisotopic (exact) mass is 384 g/mol.